The fourth-order valence-corrected chi connectivity index (χ4v) is 2.75. The molecule has 0 spiro atoms. The van der Waals surface area contributed by atoms with E-state index in [0.717, 1.165) is 17.6 Å². The first kappa shape index (κ1) is 13.9. The summed E-state index contributed by atoms with van der Waals surface area (Å²) in [6, 6.07) is 3.98. The van der Waals surface area contributed by atoms with E-state index in [1.54, 1.807) is 6.20 Å². The number of allylic oxidation sites excluding steroid dienone is 1. The third-order valence-electron chi connectivity index (χ3n) is 3.97. The van der Waals surface area contributed by atoms with Crippen molar-refractivity contribution in [1.82, 2.24) is 14.7 Å². The summed E-state index contributed by atoms with van der Waals surface area (Å²) in [5, 5.41) is 2.97. The van der Waals surface area contributed by atoms with Gasteiger partial charge in [-0.3, -0.25) is 4.79 Å². The fourth-order valence-electron chi connectivity index (χ4n) is 2.75. The molecule has 3 rings (SSSR count). The molecule has 0 atom stereocenters. The van der Waals surface area contributed by atoms with Gasteiger partial charge < -0.3 is 9.72 Å². The van der Waals surface area contributed by atoms with Crippen molar-refractivity contribution in [3.8, 4) is 0 Å². The molecule has 21 heavy (non-hydrogen) atoms. The van der Waals surface area contributed by atoms with Gasteiger partial charge in [-0.25, -0.2) is 4.98 Å². The monoisotopic (exact) mass is 283 g/mol. The van der Waals surface area contributed by atoms with Crippen LogP contribution in [0, 0.1) is 6.92 Å². The Bertz CT molecular complexity index is 684. The van der Waals surface area contributed by atoms with Gasteiger partial charge in [-0.05, 0) is 56.7 Å². The summed E-state index contributed by atoms with van der Waals surface area (Å²) in [6.45, 7) is 2.71. The number of hydrogen-bond acceptors (Lipinski definition) is 2. The molecule has 0 fully saturated rings. The van der Waals surface area contributed by atoms with E-state index in [4.69, 9.17) is 0 Å². The molecule has 0 unspecified atom stereocenters. The SMILES string of the molecule is Cc1ccn2cc(C(=O)NCCC3=CCCCC3)nc2c1. The number of amides is 1. The van der Waals surface area contributed by atoms with E-state index >= 15 is 0 Å². The number of nitrogens with one attached hydrogen (secondary N) is 1. The Morgan fingerprint density at radius 1 is 1.43 bits per heavy atom. The lowest BCUT2D eigenvalue weighted by Crippen LogP contribution is -2.25. The van der Waals surface area contributed by atoms with Gasteiger partial charge in [0.25, 0.3) is 5.91 Å². The summed E-state index contributed by atoms with van der Waals surface area (Å²) in [5.41, 5.74) is 3.92. The summed E-state index contributed by atoms with van der Waals surface area (Å²) < 4.78 is 1.88. The zero-order chi connectivity index (χ0) is 14.7. The second-order valence-electron chi connectivity index (χ2n) is 5.71. The molecule has 4 nitrogen and oxygen atoms in total. The molecule has 0 radical (unpaired) electrons. The van der Waals surface area contributed by atoms with Crippen LogP contribution in [0.5, 0.6) is 0 Å². The minimum absolute atomic E-state index is 0.0900. The molecule has 0 saturated carbocycles. The molecular formula is C17H21N3O. The van der Waals surface area contributed by atoms with Crippen LogP contribution in [0.4, 0.5) is 0 Å². The number of aromatic nitrogens is 2. The molecular weight excluding hydrogens is 262 g/mol. The highest BCUT2D eigenvalue weighted by Crippen LogP contribution is 2.19. The van der Waals surface area contributed by atoms with E-state index in [-0.39, 0.29) is 5.91 Å². The van der Waals surface area contributed by atoms with Crippen molar-refractivity contribution in [2.45, 2.75) is 39.0 Å². The first-order valence-corrected chi connectivity index (χ1v) is 7.64. The molecule has 1 aliphatic carbocycles. The van der Waals surface area contributed by atoms with E-state index in [9.17, 15) is 4.79 Å². The van der Waals surface area contributed by atoms with Crippen LogP contribution >= 0.6 is 0 Å². The molecule has 2 aromatic heterocycles. The van der Waals surface area contributed by atoms with Crippen molar-refractivity contribution in [3.63, 3.8) is 0 Å². The minimum Gasteiger partial charge on any atom is -0.350 e. The number of fused-ring (bicyclic) bond motifs is 1. The van der Waals surface area contributed by atoms with E-state index in [1.165, 1.54) is 31.3 Å². The van der Waals surface area contributed by atoms with E-state index in [0.29, 0.717) is 12.2 Å². The number of hydrogen-bond donors (Lipinski definition) is 1. The maximum Gasteiger partial charge on any atom is 0.271 e. The number of rotatable bonds is 4. The van der Waals surface area contributed by atoms with Crippen molar-refractivity contribution >= 4 is 11.6 Å². The van der Waals surface area contributed by atoms with Gasteiger partial charge in [-0.1, -0.05) is 11.6 Å². The van der Waals surface area contributed by atoms with Crippen LogP contribution in [0.1, 0.15) is 48.2 Å². The Labute approximate surface area is 124 Å². The summed E-state index contributed by atoms with van der Waals surface area (Å²) in [5.74, 6) is -0.0900. The number of pyridine rings is 1. The lowest BCUT2D eigenvalue weighted by Gasteiger charge is -2.12. The highest BCUT2D eigenvalue weighted by atomic mass is 16.1. The normalized spacial score (nSPS) is 15.0. The predicted octanol–water partition coefficient (Wildman–Crippen LogP) is 3.26. The summed E-state index contributed by atoms with van der Waals surface area (Å²) in [4.78, 5) is 16.5. The Morgan fingerprint density at radius 2 is 2.33 bits per heavy atom. The molecule has 0 aromatic carbocycles. The van der Waals surface area contributed by atoms with Crippen molar-refractivity contribution in [3.05, 3.63) is 47.4 Å². The average Bonchev–Trinajstić information content (AvgIpc) is 2.91. The highest BCUT2D eigenvalue weighted by Gasteiger charge is 2.11. The summed E-state index contributed by atoms with van der Waals surface area (Å²) >= 11 is 0. The molecule has 0 saturated heterocycles. The Hall–Kier alpha value is -2.10. The van der Waals surface area contributed by atoms with Gasteiger partial charge in [0.15, 0.2) is 0 Å². The lowest BCUT2D eigenvalue weighted by molar-refractivity contribution is 0.0949. The van der Waals surface area contributed by atoms with Crippen LogP contribution in [-0.4, -0.2) is 21.8 Å². The van der Waals surface area contributed by atoms with E-state index < -0.39 is 0 Å². The molecule has 2 aromatic rings. The third-order valence-corrected chi connectivity index (χ3v) is 3.97. The second kappa shape index (κ2) is 6.12. The number of imidazole rings is 1. The lowest BCUT2D eigenvalue weighted by atomic mass is 9.97. The predicted molar refractivity (Wildman–Crippen MR) is 83.4 cm³/mol. The van der Waals surface area contributed by atoms with Crippen molar-refractivity contribution in [2.75, 3.05) is 6.54 Å². The smallest absolute Gasteiger partial charge is 0.271 e. The number of aryl methyl sites for hydroxylation is 1. The number of nitrogens with zero attached hydrogens (tertiary/aromatic N) is 2. The summed E-state index contributed by atoms with van der Waals surface area (Å²) in [6.07, 6.45) is 12.0. The third kappa shape index (κ3) is 3.32. The molecule has 1 aliphatic rings. The van der Waals surface area contributed by atoms with Gasteiger partial charge >= 0.3 is 0 Å². The Morgan fingerprint density at radius 3 is 3.14 bits per heavy atom. The summed E-state index contributed by atoms with van der Waals surface area (Å²) in [7, 11) is 0. The Kier molecular flexibility index (Phi) is 4.04. The van der Waals surface area contributed by atoms with Gasteiger partial charge in [0, 0.05) is 18.9 Å². The zero-order valence-corrected chi connectivity index (χ0v) is 12.4. The molecule has 1 amide bonds. The van der Waals surface area contributed by atoms with Crippen LogP contribution in [0.3, 0.4) is 0 Å². The molecule has 0 aliphatic heterocycles. The van der Waals surface area contributed by atoms with E-state index in [1.807, 2.05) is 29.7 Å². The van der Waals surface area contributed by atoms with Gasteiger partial charge in [0.1, 0.15) is 11.3 Å². The zero-order valence-electron chi connectivity index (χ0n) is 12.4. The van der Waals surface area contributed by atoms with Crippen LogP contribution < -0.4 is 5.32 Å². The molecule has 4 heteroatoms. The van der Waals surface area contributed by atoms with Gasteiger partial charge in [0.05, 0.1) is 0 Å². The van der Waals surface area contributed by atoms with Crippen LogP contribution in [-0.2, 0) is 0 Å². The minimum atomic E-state index is -0.0900. The van der Waals surface area contributed by atoms with Gasteiger partial charge in [-0.15, -0.1) is 0 Å². The van der Waals surface area contributed by atoms with Gasteiger partial charge in [0.2, 0.25) is 0 Å². The number of carbonyl (C=O) groups is 1. The highest BCUT2D eigenvalue weighted by molar-refractivity contribution is 5.92. The molecule has 110 valence electrons. The van der Waals surface area contributed by atoms with Crippen molar-refractivity contribution in [1.29, 1.82) is 0 Å². The Balaban J connectivity index is 1.60. The fraction of sp³-hybridized carbons (Fsp3) is 0.412. The van der Waals surface area contributed by atoms with Crippen molar-refractivity contribution < 1.29 is 4.79 Å². The van der Waals surface area contributed by atoms with E-state index in [2.05, 4.69) is 16.4 Å². The van der Waals surface area contributed by atoms with Gasteiger partial charge in [-0.2, -0.15) is 0 Å². The quantitative estimate of drug-likeness (QED) is 0.875. The molecule has 2 heterocycles. The largest absolute Gasteiger partial charge is 0.350 e. The molecule has 1 N–H and O–H groups in total. The average molecular weight is 283 g/mol. The molecule has 0 bridgehead atoms. The first-order valence-electron chi connectivity index (χ1n) is 7.64. The van der Waals surface area contributed by atoms with Crippen LogP contribution in [0.15, 0.2) is 36.2 Å². The van der Waals surface area contributed by atoms with Crippen LogP contribution in [0.2, 0.25) is 0 Å². The second-order valence-corrected chi connectivity index (χ2v) is 5.71. The number of carbonyl (C=O) groups excluding carboxylic acids is 1. The standard InChI is InChI=1S/C17H21N3O/c1-13-8-10-20-12-15(19-16(20)11-13)17(21)18-9-7-14-5-3-2-4-6-14/h5,8,10-12H,2-4,6-7,9H2,1H3,(H,18,21). The van der Waals surface area contributed by atoms with Crippen LogP contribution in [0.25, 0.3) is 5.65 Å². The first-order chi connectivity index (χ1) is 10.2. The maximum absolute atomic E-state index is 12.1. The maximum atomic E-state index is 12.1. The van der Waals surface area contributed by atoms with Crippen molar-refractivity contribution in [2.24, 2.45) is 0 Å². The topological polar surface area (TPSA) is 46.4 Å².